The number of ether oxygens (including phenoxy) is 1. The minimum absolute atomic E-state index is 0.0675. The summed E-state index contributed by atoms with van der Waals surface area (Å²) < 4.78 is 8.69. The molecule has 0 aliphatic heterocycles. The minimum atomic E-state index is -0.680. The Hall–Kier alpha value is -2.85. The van der Waals surface area contributed by atoms with Gasteiger partial charge in [0, 0.05) is 18.6 Å². The fraction of sp³-hybridized carbons (Fsp3) is 0.118. The van der Waals surface area contributed by atoms with Crippen LogP contribution in [-0.4, -0.2) is 9.13 Å². The summed E-state index contributed by atoms with van der Waals surface area (Å²) in [4.78, 5) is 24.1. The number of fused-ring (bicyclic) bond motifs is 1. The molecular formula is C17H12BrN3O3. The summed E-state index contributed by atoms with van der Waals surface area (Å²) >= 11 is 3.41. The van der Waals surface area contributed by atoms with Crippen molar-refractivity contribution < 1.29 is 4.74 Å². The van der Waals surface area contributed by atoms with Crippen molar-refractivity contribution in [2.24, 2.45) is 14.1 Å². The van der Waals surface area contributed by atoms with E-state index in [0.717, 1.165) is 24.4 Å². The lowest BCUT2D eigenvalue weighted by Gasteiger charge is -2.13. The molecule has 0 spiro atoms. The van der Waals surface area contributed by atoms with Crippen molar-refractivity contribution in [1.29, 1.82) is 5.26 Å². The number of rotatable bonds is 2. The first-order valence-corrected chi connectivity index (χ1v) is 7.79. The summed E-state index contributed by atoms with van der Waals surface area (Å²) in [6.07, 6.45) is 0. The van der Waals surface area contributed by atoms with Crippen LogP contribution in [0.2, 0.25) is 0 Å². The Kier molecular flexibility index (Phi) is 3.99. The monoisotopic (exact) mass is 385 g/mol. The van der Waals surface area contributed by atoms with Crippen molar-refractivity contribution in [2.45, 2.75) is 0 Å². The molecule has 6 nitrogen and oxygen atoms in total. The molecule has 0 N–H and O–H groups in total. The van der Waals surface area contributed by atoms with Gasteiger partial charge >= 0.3 is 5.69 Å². The molecule has 0 unspecified atom stereocenters. The van der Waals surface area contributed by atoms with E-state index >= 15 is 0 Å². The lowest BCUT2D eigenvalue weighted by atomic mass is 10.1. The molecule has 0 fully saturated rings. The number of hydrogen-bond acceptors (Lipinski definition) is 4. The van der Waals surface area contributed by atoms with Gasteiger partial charge in [0.25, 0.3) is 5.56 Å². The predicted molar refractivity (Wildman–Crippen MR) is 93.4 cm³/mol. The Morgan fingerprint density at radius 3 is 2.42 bits per heavy atom. The second-order valence-corrected chi connectivity index (χ2v) is 6.17. The van der Waals surface area contributed by atoms with Crippen LogP contribution in [0.25, 0.3) is 10.8 Å². The van der Waals surface area contributed by atoms with Crippen molar-refractivity contribution in [3.63, 3.8) is 0 Å². The summed E-state index contributed by atoms with van der Waals surface area (Å²) in [5.74, 6) is 0.367. The molecule has 0 aliphatic rings. The van der Waals surface area contributed by atoms with Crippen LogP contribution in [0.3, 0.4) is 0 Å². The minimum Gasteiger partial charge on any atom is -0.439 e. The highest BCUT2D eigenvalue weighted by atomic mass is 79.9. The average Bonchev–Trinajstić information content (AvgIpc) is 2.58. The molecule has 0 radical (unpaired) electrons. The molecule has 3 rings (SSSR count). The quantitative estimate of drug-likeness (QED) is 0.679. The maximum absolute atomic E-state index is 12.1. The van der Waals surface area contributed by atoms with Gasteiger partial charge in [0.2, 0.25) is 5.88 Å². The van der Waals surface area contributed by atoms with Gasteiger partial charge in [-0.05, 0) is 35.0 Å². The largest absolute Gasteiger partial charge is 0.439 e. The summed E-state index contributed by atoms with van der Waals surface area (Å²) in [7, 11) is 2.78. The van der Waals surface area contributed by atoms with Crippen molar-refractivity contribution in [1.82, 2.24) is 9.13 Å². The van der Waals surface area contributed by atoms with Gasteiger partial charge in [-0.1, -0.05) is 28.1 Å². The summed E-state index contributed by atoms with van der Waals surface area (Å²) in [6.45, 7) is 0. The van der Waals surface area contributed by atoms with Crippen LogP contribution in [0.5, 0.6) is 11.6 Å². The fourth-order valence-corrected chi connectivity index (χ4v) is 2.79. The molecule has 120 valence electrons. The summed E-state index contributed by atoms with van der Waals surface area (Å²) in [5, 5.41) is 11.2. The van der Waals surface area contributed by atoms with Crippen LogP contribution >= 0.6 is 15.9 Å². The summed E-state index contributed by atoms with van der Waals surface area (Å²) in [6, 6.07) is 13.0. The van der Waals surface area contributed by atoms with Crippen molar-refractivity contribution >= 4 is 26.7 Å². The Balaban J connectivity index is 2.15. The lowest BCUT2D eigenvalue weighted by Crippen LogP contribution is -2.38. The number of nitrogens with zero attached hydrogens (tertiary/aromatic N) is 3. The second-order valence-electron chi connectivity index (χ2n) is 5.25. The van der Waals surface area contributed by atoms with Crippen molar-refractivity contribution in [2.75, 3.05) is 0 Å². The lowest BCUT2D eigenvalue weighted by molar-refractivity contribution is 0.422. The van der Waals surface area contributed by atoms with Gasteiger partial charge in [0.1, 0.15) is 11.8 Å². The molecule has 0 amide bonds. The molecule has 3 aromatic rings. The van der Waals surface area contributed by atoms with E-state index in [-0.39, 0.29) is 11.4 Å². The highest BCUT2D eigenvalue weighted by Gasteiger charge is 2.17. The first kappa shape index (κ1) is 16.0. The zero-order valence-electron chi connectivity index (χ0n) is 12.9. The molecule has 1 aromatic heterocycles. The third-order valence-electron chi connectivity index (χ3n) is 3.71. The molecule has 7 heteroatoms. The smallest absolute Gasteiger partial charge is 0.333 e. The van der Waals surface area contributed by atoms with Gasteiger partial charge < -0.3 is 4.74 Å². The fourth-order valence-electron chi connectivity index (χ4n) is 2.41. The number of halogens is 1. The standard InChI is InChI=1S/C17H12BrN3O3/c1-20-15(22)14(9-19)16(21(2)17(20)23)24-13-6-4-10-7-12(18)5-3-11(10)8-13/h3-8H,1-2H3. The second kappa shape index (κ2) is 5.98. The van der Waals surface area contributed by atoms with Crippen molar-refractivity contribution in [3.8, 4) is 17.7 Å². The SMILES string of the molecule is Cn1c(Oc2ccc3cc(Br)ccc3c2)c(C#N)c(=O)n(C)c1=O. The maximum atomic E-state index is 12.1. The Morgan fingerprint density at radius 1 is 1.04 bits per heavy atom. The highest BCUT2D eigenvalue weighted by molar-refractivity contribution is 9.10. The number of benzene rings is 2. The first-order chi connectivity index (χ1) is 11.4. The van der Waals surface area contributed by atoms with Crippen LogP contribution in [0.1, 0.15) is 5.56 Å². The van der Waals surface area contributed by atoms with E-state index in [4.69, 9.17) is 4.74 Å². The molecule has 2 aromatic carbocycles. The van der Waals surface area contributed by atoms with Gasteiger partial charge in [-0.2, -0.15) is 5.26 Å². The van der Waals surface area contributed by atoms with Crippen LogP contribution in [-0.2, 0) is 14.1 Å². The van der Waals surface area contributed by atoms with E-state index in [1.165, 1.54) is 14.1 Å². The van der Waals surface area contributed by atoms with Gasteiger partial charge in [0.15, 0.2) is 5.56 Å². The van der Waals surface area contributed by atoms with Crippen LogP contribution in [0.15, 0.2) is 50.5 Å². The van der Waals surface area contributed by atoms with E-state index in [1.807, 2.05) is 30.3 Å². The molecule has 0 saturated heterocycles. The number of hydrogen-bond donors (Lipinski definition) is 0. The zero-order chi connectivity index (χ0) is 17.4. The Morgan fingerprint density at radius 2 is 1.71 bits per heavy atom. The van der Waals surface area contributed by atoms with E-state index in [2.05, 4.69) is 15.9 Å². The first-order valence-electron chi connectivity index (χ1n) is 6.99. The molecule has 0 atom stereocenters. The zero-order valence-corrected chi connectivity index (χ0v) is 14.5. The molecule has 1 heterocycles. The third kappa shape index (κ3) is 2.61. The predicted octanol–water partition coefficient (Wildman–Crippen LogP) is 2.66. The third-order valence-corrected chi connectivity index (χ3v) is 4.20. The molecule has 0 saturated carbocycles. The number of nitriles is 1. The molecule has 0 bridgehead atoms. The van der Waals surface area contributed by atoms with Gasteiger partial charge in [-0.25, -0.2) is 4.79 Å². The van der Waals surface area contributed by atoms with Crippen LogP contribution in [0.4, 0.5) is 0 Å². The van der Waals surface area contributed by atoms with E-state index in [0.29, 0.717) is 5.75 Å². The van der Waals surface area contributed by atoms with Gasteiger partial charge in [-0.3, -0.25) is 13.9 Å². The van der Waals surface area contributed by atoms with Gasteiger partial charge in [0.05, 0.1) is 0 Å². The molecular weight excluding hydrogens is 374 g/mol. The Labute approximate surface area is 145 Å². The van der Waals surface area contributed by atoms with E-state index in [1.54, 1.807) is 12.1 Å². The molecule has 24 heavy (non-hydrogen) atoms. The topological polar surface area (TPSA) is 77.0 Å². The molecule has 0 aliphatic carbocycles. The van der Waals surface area contributed by atoms with Crippen LogP contribution < -0.4 is 16.0 Å². The van der Waals surface area contributed by atoms with Crippen LogP contribution in [0, 0.1) is 11.3 Å². The Bertz CT molecular complexity index is 1120. The number of aromatic nitrogens is 2. The maximum Gasteiger partial charge on any atom is 0.333 e. The van der Waals surface area contributed by atoms with Crippen molar-refractivity contribution in [3.05, 3.63) is 67.3 Å². The van der Waals surface area contributed by atoms with E-state index < -0.39 is 11.2 Å². The normalized spacial score (nSPS) is 10.6. The summed E-state index contributed by atoms with van der Waals surface area (Å²) in [5.41, 5.74) is -1.45. The van der Waals surface area contributed by atoms with E-state index in [9.17, 15) is 14.9 Å². The average molecular weight is 386 g/mol. The highest BCUT2D eigenvalue weighted by Crippen LogP contribution is 2.27. The van der Waals surface area contributed by atoms with Gasteiger partial charge in [-0.15, -0.1) is 0 Å².